The Bertz CT molecular complexity index is 995. The molecule has 2 aliphatic heterocycles. The van der Waals surface area contributed by atoms with E-state index < -0.39 is 0 Å². The van der Waals surface area contributed by atoms with Gasteiger partial charge in [0.2, 0.25) is 0 Å². The van der Waals surface area contributed by atoms with Crippen molar-refractivity contribution in [3.8, 4) is 5.75 Å². The zero-order valence-corrected chi connectivity index (χ0v) is 18.5. The van der Waals surface area contributed by atoms with Crippen molar-refractivity contribution in [2.45, 2.75) is 36.9 Å². The topological polar surface area (TPSA) is 56.1 Å². The van der Waals surface area contributed by atoms with Crippen molar-refractivity contribution in [2.75, 3.05) is 18.1 Å². The van der Waals surface area contributed by atoms with E-state index in [0.29, 0.717) is 33.8 Å². The number of rotatable bonds is 5. The van der Waals surface area contributed by atoms with Crippen molar-refractivity contribution < 1.29 is 9.90 Å². The summed E-state index contributed by atoms with van der Waals surface area (Å²) in [5, 5.41) is 9.53. The molecule has 0 spiro atoms. The number of carbonyl (C=O) groups excluding carboxylic acids is 1. The van der Waals surface area contributed by atoms with Gasteiger partial charge in [0.25, 0.3) is 0 Å². The zero-order chi connectivity index (χ0) is 20.5. The number of carbonyl (C=O) groups is 1. The van der Waals surface area contributed by atoms with E-state index in [1.807, 2.05) is 23.1 Å². The van der Waals surface area contributed by atoms with Gasteiger partial charge in [-0.3, -0.25) is 0 Å². The monoisotopic (exact) mass is 467 g/mol. The Morgan fingerprint density at radius 1 is 1.03 bits per heavy atom. The van der Waals surface area contributed by atoms with E-state index in [1.54, 1.807) is 12.1 Å². The number of phenols is 1. The molecule has 0 bridgehead atoms. The summed E-state index contributed by atoms with van der Waals surface area (Å²) >= 11 is 0.356. The van der Waals surface area contributed by atoms with Crippen molar-refractivity contribution in [1.82, 2.24) is 4.90 Å². The summed E-state index contributed by atoms with van der Waals surface area (Å²) in [7, 11) is 0. The van der Waals surface area contributed by atoms with Crippen molar-refractivity contribution in [2.24, 2.45) is 4.99 Å². The summed E-state index contributed by atoms with van der Waals surface area (Å²) < 4.78 is 1.35. The Hall–Kier alpha value is -2.56. The number of anilines is 1. The van der Waals surface area contributed by atoms with Crippen molar-refractivity contribution in [3.63, 3.8) is 0 Å². The maximum absolute atomic E-state index is 13.3. The number of fused-ring (bicyclic) bond motifs is 1. The van der Waals surface area contributed by atoms with Crippen LogP contribution in [0.1, 0.15) is 31.2 Å². The van der Waals surface area contributed by atoms with E-state index >= 15 is 0 Å². The molecular weight excluding hydrogens is 441 g/mol. The van der Waals surface area contributed by atoms with Gasteiger partial charge in [0.15, 0.2) is 0 Å². The van der Waals surface area contributed by atoms with Crippen LogP contribution in [-0.2, 0) is 11.2 Å². The second-order valence-corrected chi connectivity index (χ2v) is 11.0. The second-order valence-electron chi connectivity index (χ2n) is 8.08. The molecule has 0 aromatic heterocycles. The number of hydrogen-bond donors (Lipinski definition) is 1. The van der Waals surface area contributed by atoms with E-state index in [-0.39, 0.29) is 11.7 Å². The fraction of sp³-hybridized carbons (Fsp3) is 0.333. The average molecular weight is 466 g/mol. The standard InChI is InChI=1S/C24H25N3O2Se/c28-19-12-10-17(11-13-19)14-21-24(29)27-16-26(18-6-2-1-3-7-18)15-22(23(27)25-21)30-20-8-4-5-9-20/h1-3,6-7,10-13,20,28H,4-5,8-9,14-16H2. The van der Waals surface area contributed by atoms with Gasteiger partial charge in [0.05, 0.1) is 0 Å². The van der Waals surface area contributed by atoms with Crippen LogP contribution in [0.2, 0.25) is 4.82 Å². The summed E-state index contributed by atoms with van der Waals surface area (Å²) in [6.45, 7) is 1.40. The number of phenolic OH excluding ortho intramolecular Hbond substituents is 1. The minimum absolute atomic E-state index is 0.0124. The molecule has 1 N–H and O–H groups in total. The first kappa shape index (κ1) is 19.4. The molecule has 2 aromatic carbocycles. The van der Waals surface area contributed by atoms with Gasteiger partial charge in [-0.05, 0) is 0 Å². The van der Waals surface area contributed by atoms with E-state index in [1.165, 1.54) is 30.2 Å². The first-order valence-electron chi connectivity index (χ1n) is 10.5. The predicted octanol–water partition coefficient (Wildman–Crippen LogP) is 3.93. The van der Waals surface area contributed by atoms with Gasteiger partial charge in [-0.1, -0.05) is 0 Å². The third-order valence-corrected chi connectivity index (χ3v) is 8.86. The van der Waals surface area contributed by atoms with Crippen molar-refractivity contribution in [1.29, 1.82) is 0 Å². The number of para-hydroxylation sites is 1. The molecule has 2 heterocycles. The van der Waals surface area contributed by atoms with E-state index in [9.17, 15) is 9.90 Å². The fourth-order valence-corrected chi connectivity index (χ4v) is 7.40. The Morgan fingerprint density at radius 2 is 1.77 bits per heavy atom. The first-order valence-corrected chi connectivity index (χ1v) is 12.4. The molecule has 0 atom stereocenters. The Kier molecular flexibility index (Phi) is 5.36. The summed E-state index contributed by atoms with van der Waals surface area (Å²) in [4.78, 5) is 23.1. The number of aliphatic imine (C=N–C) groups is 1. The molecule has 0 radical (unpaired) electrons. The van der Waals surface area contributed by atoms with Gasteiger partial charge < -0.3 is 0 Å². The molecule has 1 fully saturated rings. The Balaban J connectivity index is 1.45. The number of nitrogens with zero attached hydrogens (tertiary/aromatic N) is 3. The summed E-state index contributed by atoms with van der Waals surface area (Å²) in [6.07, 6.45) is 5.76. The second kappa shape index (κ2) is 8.29. The molecule has 30 heavy (non-hydrogen) atoms. The van der Waals surface area contributed by atoms with E-state index in [4.69, 9.17) is 4.99 Å². The summed E-state index contributed by atoms with van der Waals surface area (Å²) in [6, 6.07) is 17.4. The van der Waals surface area contributed by atoms with E-state index in [2.05, 4.69) is 29.2 Å². The number of hydrogen-bond acceptors (Lipinski definition) is 4. The van der Waals surface area contributed by atoms with Crippen molar-refractivity contribution >= 4 is 32.3 Å². The van der Waals surface area contributed by atoms with E-state index in [0.717, 1.165) is 28.4 Å². The number of aromatic hydroxyl groups is 1. The molecule has 1 amide bonds. The molecule has 154 valence electrons. The van der Waals surface area contributed by atoms with Crippen LogP contribution >= 0.6 is 0 Å². The van der Waals surface area contributed by atoms with Crippen LogP contribution < -0.4 is 4.90 Å². The molecule has 2 aromatic rings. The number of amides is 1. The van der Waals surface area contributed by atoms with Gasteiger partial charge in [-0.2, -0.15) is 0 Å². The fourth-order valence-electron chi connectivity index (χ4n) is 4.33. The Labute approximate surface area is 183 Å². The molecule has 0 saturated heterocycles. The summed E-state index contributed by atoms with van der Waals surface area (Å²) in [5.41, 5.74) is 2.74. The van der Waals surface area contributed by atoms with Gasteiger partial charge >= 0.3 is 183 Å². The normalized spacial score (nSPS) is 19.5. The summed E-state index contributed by atoms with van der Waals surface area (Å²) in [5.74, 6) is 1.16. The predicted molar refractivity (Wildman–Crippen MR) is 120 cm³/mol. The van der Waals surface area contributed by atoms with Crippen LogP contribution in [0.4, 0.5) is 5.69 Å². The molecular formula is C24H25N3O2Se. The molecule has 5 nitrogen and oxygen atoms in total. The number of benzene rings is 2. The van der Waals surface area contributed by atoms with Crippen LogP contribution in [0.15, 0.2) is 69.9 Å². The SMILES string of the molecule is O=C1C(Cc2ccc(O)cc2)=NC2=C([Se]C3CCCC3)CN(c3ccccc3)CN12. The third kappa shape index (κ3) is 3.90. The van der Waals surface area contributed by atoms with Crippen LogP contribution in [0.3, 0.4) is 0 Å². The van der Waals surface area contributed by atoms with Gasteiger partial charge in [-0.15, -0.1) is 0 Å². The molecule has 0 unspecified atom stereocenters. The maximum atomic E-state index is 13.3. The Morgan fingerprint density at radius 3 is 2.50 bits per heavy atom. The first-order chi connectivity index (χ1) is 14.7. The molecule has 6 heteroatoms. The average Bonchev–Trinajstić information content (AvgIpc) is 3.39. The van der Waals surface area contributed by atoms with Crippen LogP contribution in [0.25, 0.3) is 0 Å². The quantitative estimate of drug-likeness (QED) is 0.680. The van der Waals surface area contributed by atoms with Crippen molar-refractivity contribution in [3.05, 3.63) is 70.5 Å². The van der Waals surface area contributed by atoms with Gasteiger partial charge in [0.1, 0.15) is 0 Å². The molecule has 1 saturated carbocycles. The molecule has 3 aliphatic rings. The zero-order valence-electron chi connectivity index (χ0n) is 16.8. The van der Waals surface area contributed by atoms with Crippen LogP contribution in [0.5, 0.6) is 5.75 Å². The van der Waals surface area contributed by atoms with Crippen LogP contribution in [-0.4, -0.2) is 49.8 Å². The van der Waals surface area contributed by atoms with Gasteiger partial charge in [0, 0.05) is 0 Å². The molecule has 5 rings (SSSR count). The van der Waals surface area contributed by atoms with Crippen LogP contribution in [0, 0.1) is 0 Å². The van der Waals surface area contributed by atoms with Gasteiger partial charge in [-0.25, -0.2) is 0 Å². The minimum atomic E-state index is 0.0124. The molecule has 1 aliphatic carbocycles. The third-order valence-electron chi connectivity index (χ3n) is 5.92.